The van der Waals surface area contributed by atoms with Crippen LogP contribution in [0.25, 0.3) is 0 Å². The van der Waals surface area contributed by atoms with Crippen molar-refractivity contribution in [3.63, 3.8) is 0 Å². The first-order valence-electron chi connectivity index (χ1n) is 6.10. The lowest BCUT2D eigenvalue weighted by Crippen LogP contribution is -2.25. The number of anilines is 1. The number of carboxylic acids is 1. The highest BCUT2D eigenvalue weighted by Crippen LogP contribution is 2.34. The summed E-state index contributed by atoms with van der Waals surface area (Å²) >= 11 is 0. The predicted molar refractivity (Wildman–Crippen MR) is 74.0 cm³/mol. The highest BCUT2D eigenvalue weighted by molar-refractivity contribution is 5.95. The van der Waals surface area contributed by atoms with Crippen LogP contribution in [0.5, 0.6) is 5.75 Å². The number of nitro benzene ring substituents is 1. The van der Waals surface area contributed by atoms with Gasteiger partial charge in [0.2, 0.25) is 5.91 Å². The van der Waals surface area contributed by atoms with Gasteiger partial charge in [0, 0.05) is 12.5 Å². The summed E-state index contributed by atoms with van der Waals surface area (Å²) in [6.07, 6.45) is -0.367. The Morgan fingerprint density at radius 2 is 1.95 bits per heavy atom. The average molecular weight is 296 g/mol. The number of aliphatic carboxylic acids is 1. The fourth-order valence-corrected chi connectivity index (χ4v) is 1.90. The van der Waals surface area contributed by atoms with Crippen LogP contribution in [0.2, 0.25) is 0 Å². The molecule has 1 aromatic carbocycles. The Morgan fingerprint density at radius 3 is 2.48 bits per heavy atom. The molecule has 0 bridgehead atoms. The van der Waals surface area contributed by atoms with Gasteiger partial charge in [0.15, 0.2) is 5.69 Å². The average Bonchev–Trinajstić information content (AvgIpc) is 2.28. The maximum Gasteiger partial charge on any atom is 0.303 e. The molecule has 0 aromatic heterocycles. The van der Waals surface area contributed by atoms with Gasteiger partial charge in [-0.15, -0.1) is 0 Å². The predicted octanol–water partition coefficient (Wildman–Crippen LogP) is 2.13. The number of hydrogen-bond acceptors (Lipinski definition) is 5. The van der Waals surface area contributed by atoms with Crippen molar-refractivity contribution in [2.24, 2.45) is 5.41 Å². The fraction of sp³-hybridized carbons (Fsp3) is 0.385. The zero-order valence-electron chi connectivity index (χ0n) is 11.6. The molecule has 0 aliphatic rings. The molecule has 114 valence electrons. The minimum atomic E-state index is -1.04. The quantitative estimate of drug-likeness (QED) is 0.419. The van der Waals surface area contributed by atoms with E-state index in [9.17, 15) is 24.8 Å². The third kappa shape index (κ3) is 4.75. The van der Waals surface area contributed by atoms with Gasteiger partial charge in [-0.2, -0.15) is 0 Å². The van der Waals surface area contributed by atoms with Crippen LogP contribution in [0.1, 0.15) is 26.7 Å². The Morgan fingerprint density at radius 1 is 1.33 bits per heavy atom. The van der Waals surface area contributed by atoms with E-state index in [-0.39, 0.29) is 18.5 Å². The standard InChI is InChI=1S/C13H16N2O6/c1-13(2,7-11(18)19)6-10(17)14-12-8(15(20)21)4-3-5-9(12)16/h3-5,16H,6-7H2,1-2H3,(H,14,17)(H,18,19). The van der Waals surface area contributed by atoms with Crippen molar-refractivity contribution < 1.29 is 24.7 Å². The number of carboxylic acid groups (broad SMARTS) is 1. The van der Waals surface area contributed by atoms with E-state index in [1.54, 1.807) is 13.8 Å². The van der Waals surface area contributed by atoms with E-state index in [0.717, 1.165) is 6.07 Å². The molecule has 8 heteroatoms. The zero-order valence-corrected chi connectivity index (χ0v) is 11.6. The van der Waals surface area contributed by atoms with Gasteiger partial charge in [0.25, 0.3) is 5.69 Å². The monoisotopic (exact) mass is 296 g/mol. The SMILES string of the molecule is CC(C)(CC(=O)O)CC(=O)Nc1c(O)cccc1[N+](=O)[O-]. The van der Waals surface area contributed by atoms with Gasteiger partial charge in [-0.1, -0.05) is 19.9 Å². The summed E-state index contributed by atoms with van der Waals surface area (Å²) in [5.74, 6) is -2.07. The molecule has 3 N–H and O–H groups in total. The minimum absolute atomic E-state index is 0.148. The van der Waals surface area contributed by atoms with Gasteiger partial charge in [0.1, 0.15) is 5.75 Å². The molecule has 0 aliphatic carbocycles. The van der Waals surface area contributed by atoms with Crippen LogP contribution < -0.4 is 5.32 Å². The molecule has 21 heavy (non-hydrogen) atoms. The van der Waals surface area contributed by atoms with Crippen LogP contribution in [0.15, 0.2) is 18.2 Å². The number of nitrogens with one attached hydrogen (secondary N) is 1. The van der Waals surface area contributed by atoms with Crippen LogP contribution in [0.3, 0.4) is 0 Å². The Hall–Kier alpha value is -2.64. The van der Waals surface area contributed by atoms with Gasteiger partial charge >= 0.3 is 5.97 Å². The summed E-state index contributed by atoms with van der Waals surface area (Å²) in [6.45, 7) is 3.19. The highest BCUT2D eigenvalue weighted by atomic mass is 16.6. The normalized spacial score (nSPS) is 11.0. The van der Waals surface area contributed by atoms with E-state index in [2.05, 4.69) is 5.32 Å². The lowest BCUT2D eigenvalue weighted by atomic mass is 9.85. The molecular weight excluding hydrogens is 280 g/mol. The van der Waals surface area contributed by atoms with E-state index < -0.39 is 33.7 Å². The Labute approximate surface area is 120 Å². The van der Waals surface area contributed by atoms with Crippen LogP contribution in [0.4, 0.5) is 11.4 Å². The molecule has 0 unspecified atom stereocenters. The van der Waals surface area contributed by atoms with Crippen LogP contribution in [-0.2, 0) is 9.59 Å². The number of nitrogens with zero attached hydrogens (tertiary/aromatic N) is 1. The number of carbonyl (C=O) groups excluding carboxylic acids is 1. The van der Waals surface area contributed by atoms with Crippen molar-refractivity contribution in [1.29, 1.82) is 0 Å². The number of rotatable bonds is 6. The van der Waals surface area contributed by atoms with Crippen LogP contribution in [0, 0.1) is 15.5 Å². The van der Waals surface area contributed by atoms with E-state index in [0.29, 0.717) is 0 Å². The van der Waals surface area contributed by atoms with Gasteiger partial charge in [0.05, 0.1) is 11.3 Å². The smallest absolute Gasteiger partial charge is 0.303 e. The molecule has 0 saturated carbocycles. The summed E-state index contributed by atoms with van der Waals surface area (Å²) in [4.78, 5) is 32.7. The van der Waals surface area contributed by atoms with E-state index in [4.69, 9.17) is 5.11 Å². The second-order valence-electron chi connectivity index (χ2n) is 5.39. The summed E-state index contributed by atoms with van der Waals surface area (Å²) < 4.78 is 0. The fourth-order valence-electron chi connectivity index (χ4n) is 1.90. The number of phenolic OH excluding ortho intramolecular Hbond substituents is 1. The number of phenols is 1. The third-order valence-corrected chi connectivity index (χ3v) is 2.75. The first kappa shape index (κ1) is 16.4. The summed E-state index contributed by atoms with van der Waals surface area (Å²) in [6, 6.07) is 3.65. The van der Waals surface area contributed by atoms with E-state index in [1.807, 2.05) is 0 Å². The Bertz CT molecular complexity index is 582. The van der Waals surface area contributed by atoms with Gasteiger partial charge in [-0.05, 0) is 11.5 Å². The Kier molecular flexibility index (Phi) is 4.85. The lowest BCUT2D eigenvalue weighted by Gasteiger charge is -2.21. The summed E-state index contributed by atoms with van der Waals surface area (Å²) in [7, 11) is 0. The number of nitro groups is 1. The number of benzene rings is 1. The van der Waals surface area contributed by atoms with Crippen molar-refractivity contribution in [2.75, 3.05) is 5.32 Å². The summed E-state index contributed by atoms with van der Waals surface area (Å²) in [5.41, 5.74) is -1.53. The molecule has 0 heterocycles. The topological polar surface area (TPSA) is 130 Å². The largest absolute Gasteiger partial charge is 0.505 e. The molecule has 0 spiro atoms. The van der Waals surface area contributed by atoms with Crippen molar-refractivity contribution >= 4 is 23.3 Å². The maximum absolute atomic E-state index is 11.9. The highest BCUT2D eigenvalue weighted by Gasteiger charge is 2.27. The van der Waals surface area contributed by atoms with Crippen molar-refractivity contribution in [2.45, 2.75) is 26.7 Å². The molecule has 1 amide bonds. The Balaban J connectivity index is 2.89. The maximum atomic E-state index is 11.9. The number of aromatic hydroxyl groups is 1. The third-order valence-electron chi connectivity index (χ3n) is 2.75. The molecule has 0 atom stereocenters. The number of hydrogen-bond donors (Lipinski definition) is 3. The number of para-hydroxylation sites is 1. The molecule has 0 radical (unpaired) electrons. The van der Waals surface area contributed by atoms with Gasteiger partial charge in [-0.3, -0.25) is 19.7 Å². The molecule has 0 fully saturated rings. The molecule has 8 nitrogen and oxygen atoms in total. The van der Waals surface area contributed by atoms with Gasteiger partial charge in [-0.25, -0.2) is 0 Å². The number of amides is 1. The van der Waals surface area contributed by atoms with Crippen LogP contribution in [-0.4, -0.2) is 27.0 Å². The van der Waals surface area contributed by atoms with Crippen molar-refractivity contribution in [1.82, 2.24) is 0 Å². The van der Waals surface area contributed by atoms with E-state index in [1.165, 1.54) is 12.1 Å². The second-order valence-corrected chi connectivity index (χ2v) is 5.39. The van der Waals surface area contributed by atoms with Crippen molar-refractivity contribution in [3.05, 3.63) is 28.3 Å². The molecular formula is C13H16N2O6. The van der Waals surface area contributed by atoms with Crippen LogP contribution >= 0.6 is 0 Å². The molecule has 0 saturated heterocycles. The second kappa shape index (κ2) is 6.21. The zero-order chi connectivity index (χ0) is 16.2. The lowest BCUT2D eigenvalue weighted by molar-refractivity contribution is -0.384. The first-order chi connectivity index (χ1) is 9.62. The van der Waals surface area contributed by atoms with E-state index >= 15 is 0 Å². The molecule has 1 aromatic rings. The molecule has 0 aliphatic heterocycles. The molecule has 1 rings (SSSR count). The first-order valence-corrected chi connectivity index (χ1v) is 6.10. The van der Waals surface area contributed by atoms with Gasteiger partial charge < -0.3 is 15.5 Å². The van der Waals surface area contributed by atoms with Crippen molar-refractivity contribution in [3.8, 4) is 5.75 Å². The minimum Gasteiger partial charge on any atom is -0.505 e. The summed E-state index contributed by atoms with van der Waals surface area (Å²) in [5, 5.41) is 31.5. The number of carbonyl (C=O) groups is 2.